The van der Waals surface area contributed by atoms with Crippen molar-refractivity contribution in [2.45, 2.75) is 24.4 Å². The van der Waals surface area contributed by atoms with E-state index < -0.39 is 0 Å². The number of anilines is 1. The average molecular weight is 410 g/mol. The summed E-state index contributed by atoms with van der Waals surface area (Å²) in [6, 6.07) is 5.55. The minimum Gasteiger partial charge on any atom is -0.496 e. The molecular formula is C16H16BrN3O3S. The summed E-state index contributed by atoms with van der Waals surface area (Å²) in [7, 11) is 1.59. The number of nitrogens with zero attached hydrogens (tertiary/aromatic N) is 1. The summed E-state index contributed by atoms with van der Waals surface area (Å²) in [5, 5.41) is 3.23. The smallest absolute Gasteiger partial charge is 0.257 e. The number of hydrogen-bond acceptors (Lipinski definition) is 5. The number of halogens is 1. The van der Waals surface area contributed by atoms with Gasteiger partial charge in [0.25, 0.3) is 5.56 Å². The van der Waals surface area contributed by atoms with Crippen molar-refractivity contribution >= 4 is 39.4 Å². The molecule has 126 valence electrons. The molecule has 0 fully saturated rings. The van der Waals surface area contributed by atoms with Gasteiger partial charge in [0.2, 0.25) is 5.91 Å². The maximum absolute atomic E-state index is 12.6. The molecule has 0 radical (unpaired) electrons. The number of hydrogen-bond donors (Lipinski definition) is 2. The highest BCUT2D eigenvalue weighted by Gasteiger charge is 2.31. The molecule has 0 saturated heterocycles. The molecule has 0 saturated carbocycles. The van der Waals surface area contributed by atoms with E-state index in [1.165, 1.54) is 11.8 Å². The van der Waals surface area contributed by atoms with Crippen LogP contribution in [0.3, 0.4) is 0 Å². The summed E-state index contributed by atoms with van der Waals surface area (Å²) in [6.45, 7) is 1.97. The Morgan fingerprint density at radius 2 is 2.21 bits per heavy atom. The molecule has 2 heterocycles. The number of fused-ring (bicyclic) bond motifs is 1. The second kappa shape index (κ2) is 6.98. The molecule has 0 aliphatic carbocycles. The van der Waals surface area contributed by atoms with Crippen LogP contribution < -0.4 is 15.6 Å². The van der Waals surface area contributed by atoms with E-state index in [4.69, 9.17) is 4.74 Å². The highest BCUT2D eigenvalue weighted by molar-refractivity contribution is 9.10. The Balaban J connectivity index is 2.10. The van der Waals surface area contributed by atoms with Crippen LogP contribution in [0.1, 0.15) is 30.4 Å². The topological polar surface area (TPSA) is 84.1 Å². The molecule has 2 aromatic rings. The number of nitrogens with one attached hydrogen (secondary N) is 2. The molecule has 1 aliphatic heterocycles. The SMILES string of the molecule is CCSc1nc2c(c(=O)[nH]1)[C@H](c1ccc(OC)c(Br)c1)CC(=O)N2. The summed E-state index contributed by atoms with van der Waals surface area (Å²) >= 11 is 4.88. The first-order valence-corrected chi connectivity index (χ1v) is 9.21. The second-order valence-corrected chi connectivity index (χ2v) is 7.37. The van der Waals surface area contributed by atoms with Gasteiger partial charge in [-0.3, -0.25) is 9.59 Å². The first-order valence-electron chi connectivity index (χ1n) is 7.43. The molecule has 3 rings (SSSR count). The molecule has 0 unspecified atom stereocenters. The molecule has 6 nitrogen and oxygen atoms in total. The van der Waals surface area contributed by atoms with Crippen LogP contribution in [0.2, 0.25) is 0 Å². The Morgan fingerprint density at radius 3 is 2.88 bits per heavy atom. The lowest BCUT2D eigenvalue weighted by Crippen LogP contribution is -2.31. The molecular weight excluding hydrogens is 394 g/mol. The summed E-state index contributed by atoms with van der Waals surface area (Å²) in [5.74, 6) is 1.34. The van der Waals surface area contributed by atoms with Crippen LogP contribution >= 0.6 is 27.7 Å². The lowest BCUT2D eigenvalue weighted by Gasteiger charge is -2.24. The number of aromatic amines is 1. The van der Waals surface area contributed by atoms with Gasteiger partial charge in [0, 0.05) is 12.3 Å². The summed E-state index contributed by atoms with van der Waals surface area (Å²) < 4.78 is 6.01. The van der Waals surface area contributed by atoms with Gasteiger partial charge in [0.1, 0.15) is 11.6 Å². The van der Waals surface area contributed by atoms with Crippen molar-refractivity contribution < 1.29 is 9.53 Å². The number of amides is 1. The number of rotatable bonds is 4. The maximum atomic E-state index is 12.6. The van der Waals surface area contributed by atoms with Gasteiger partial charge in [-0.15, -0.1) is 0 Å². The first-order chi connectivity index (χ1) is 11.5. The van der Waals surface area contributed by atoms with E-state index in [0.717, 1.165) is 15.8 Å². The Labute approximate surface area is 151 Å². The third-order valence-electron chi connectivity index (χ3n) is 3.79. The fourth-order valence-corrected chi connectivity index (χ4v) is 3.89. The summed E-state index contributed by atoms with van der Waals surface area (Å²) in [4.78, 5) is 31.8. The quantitative estimate of drug-likeness (QED) is 0.598. The number of methoxy groups -OCH3 is 1. The first kappa shape index (κ1) is 17.0. The number of H-pyrrole nitrogens is 1. The Hall–Kier alpha value is -1.80. The molecule has 1 atom stereocenters. The van der Waals surface area contributed by atoms with Crippen LogP contribution in [-0.4, -0.2) is 28.7 Å². The fraction of sp³-hybridized carbons (Fsp3) is 0.312. The minimum absolute atomic E-state index is 0.148. The van der Waals surface area contributed by atoms with Gasteiger partial charge in [-0.1, -0.05) is 24.8 Å². The number of ether oxygens (including phenoxy) is 1. The van der Waals surface area contributed by atoms with Crippen molar-refractivity contribution in [3.8, 4) is 5.75 Å². The molecule has 0 spiro atoms. The van der Waals surface area contributed by atoms with E-state index in [2.05, 4.69) is 31.2 Å². The van der Waals surface area contributed by atoms with Gasteiger partial charge in [0.15, 0.2) is 5.16 Å². The van der Waals surface area contributed by atoms with E-state index >= 15 is 0 Å². The van der Waals surface area contributed by atoms with Crippen molar-refractivity contribution in [3.63, 3.8) is 0 Å². The van der Waals surface area contributed by atoms with Crippen LogP contribution in [-0.2, 0) is 4.79 Å². The van der Waals surface area contributed by atoms with Crippen LogP contribution in [0.5, 0.6) is 5.75 Å². The van der Waals surface area contributed by atoms with Gasteiger partial charge in [-0.25, -0.2) is 4.98 Å². The number of aromatic nitrogens is 2. The van der Waals surface area contributed by atoms with E-state index in [9.17, 15) is 9.59 Å². The molecule has 1 amide bonds. The van der Waals surface area contributed by atoms with Gasteiger partial charge >= 0.3 is 0 Å². The Morgan fingerprint density at radius 1 is 1.42 bits per heavy atom. The van der Waals surface area contributed by atoms with Gasteiger partial charge in [-0.2, -0.15) is 0 Å². The van der Waals surface area contributed by atoms with Gasteiger partial charge in [-0.05, 0) is 39.4 Å². The number of thioether (sulfide) groups is 1. The number of carbonyl (C=O) groups excluding carboxylic acids is 1. The highest BCUT2D eigenvalue weighted by atomic mass is 79.9. The van der Waals surface area contributed by atoms with E-state index in [0.29, 0.717) is 22.3 Å². The average Bonchev–Trinajstić information content (AvgIpc) is 2.53. The molecule has 8 heteroatoms. The predicted molar refractivity (Wildman–Crippen MR) is 97.0 cm³/mol. The van der Waals surface area contributed by atoms with Crippen molar-refractivity contribution in [2.75, 3.05) is 18.2 Å². The summed E-state index contributed by atoms with van der Waals surface area (Å²) in [5.41, 5.74) is 1.14. The van der Waals surface area contributed by atoms with Crippen molar-refractivity contribution in [1.82, 2.24) is 9.97 Å². The van der Waals surface area contributed by atoms with E-state index in [1.54, 1.807) is 7.11 Å². The Kier molecular flexibility index (Phi) is 4.96. The normalized spacial score (nSPS) is 16.5. The van der Waals surface area contributed by atoms with E-state index in [-0.39, 0.29) is 23.8 Å². The zero-order valence-corrected chi connectivity index (χ0v) is 15.6. The molecule has 0 bridgehead atoms. The van der Waals surface area contributed by atoms with Crippen LogP contribution in [0.15, 0.2) is 32.6 Å². The zero-order chi connectivity index (χ0) is 17.3. The Bertz CT molecular complexity index is 853. The number of carbonyl (C=O) groups is 1. The molecule has 1 aromatic heterocycles. The molecule has 1 aromatic carbocycles. The monoisotopic (exact) mass is 409 g/mol. The van der Waals surface area contributed by atoms with Crippen LogP contribution in [0.4, 0.5) is 5.82 Å². The molecule has 1 aliphatic rings. The van der Waals surface area contributed by atoms with E-state index in [1.807, 2.05) is 25.1 Å². The minimum atomic E-state index is -0.340. The number of benzene rings is 1. The zero-order valence-electron chi connectivity index (χ0n) is 13.2. The fourth-order valence-electron chi connectivity index (χ4n) is 2.74. The second-order valence-electron chi connectivity index (χ2n) is 5.27. The maximum Gasteiger partial charge on any atom is 0.257 e. The highest BCUT2D eigenvalue weighted by Crippen LogP contribution is 2.37. The molecule has 24 heavy (non-hydrogen) atoms. The lowest BCUT2D eigenvalue weighted by atomic mass is 9.87. The molecule has 2 N–H and O–H groups in total. The van der Waals surface area contributed by atoms with Crippen molar-refractivity contribution in [3.05, 3.63) is 44.2 Å². The van der Waals surface area contributed by atoms with Gasteiger partial charge < -0.3 is 15.0 Å². The van der Waals surface area contributed by atoms with Crippen LogP contribution in [0, 0.1) is 0 Å². The predicted octanol–water partition coefficient (Wildman–Crippen LogP) is 3.13. The van der Waals surface area contributed by atoms with Crippen LogP contribution in [0.25, 0.3) is 0 Å². The summed E-state index contributed by atoms with van der Waals surface area (Å²) in [6.07, 6.45) is 0.205. The third-order valence-corrected chi connectivity index (χ3v) is 5.16. The van der Waals surface area contributed by atoms with Crippen molar-refractivity contribution in [1.29, 1.82) is 0 Å². The third kappa shape index (κ3) is 3.21. The van der Waals surface area contributed by atoms with Gasteiger partial charge in [0.05, 0.1) is 17.1 Å². The standard InChI is InChI=1S/C16H16BrN3O3S/c1-3-24-16-19-14-13(15(22)20-16)9(7-12(21)18-14)8-4-5-11(23-2)10(17)6-8/h4-6,9H,3,7H2,1-2H3,(H2,18,19,20,21,22)/t9-/m0/s1. The largest absolute Gasteiger partial charge is 0.496 e. The lowest BCUT2D eigenvalue weighted by molar-refractivity contribution is -0.116. The van der Waals surface area contributed by atoms with Crippen molar-refractivity contribution in [2.24, 2.45) is 0 Å².